The number of hydrazone groups is 1. The maximum absolute atomic E-state index is 13.0. The number of hydrogen-bond acceptors (Lipinski definition) is 4. The van der Waals surface area contributed by atoms with Crippen molar-refractivity contribution in [2.75, 3.05) is 0 Å². The molecule has 1 amide bonds. The monoisotopic (exact) mass is 286 g/mol. The van der Waals surface area contributed by atoms with Crippen molar-refractivity contribution in [1.82, 2.24) is 14.8 Å². The van der Waals surface area contributed by atoms with Crippen LogP contribution >= 0.6 is 0 Å². The first-order valence-corrected chi connectivity index (χ1v) is 6.16. The number of aromatic nitrogens is 2. The lowest BCUT2D eigenvalue weighted by Gasteiger charge is -2.31. The molecule has 0 radical (unpaired) electrons. The normalized spacial score (nSPS) is 24.1. The molecule has 1 aliphatic rings. The van der Waals surface area contributed by atoms with Crippen LogP contribution in [-0.2, 0) is 4.79 Å². The van der Waals surface area contributed by atoms with Crippen molar-refractivity contribution in [2.24, 2.45) is 5.10 Å². The zero-order chi connectivity index (χ0) is 15.1. The van der Waals surface area contributed by atoms with Crippen molar-refractivity contribution in [3.8, 4) is 0 Å². The van der Waals surface area contributed by atoms with Gasteiger partial charge in [0.2, 0.25) is 5.72 Å². The largest absolute Gasteiger partial charge is 0.364 e. The van der Waals surface area contributed by atoms with Gasteiger partial charge in [0.15, 0.2) is 0 Å². The summed E-state index contributed by atoms with van der Waals surface area (Å²) in [6.45, 7) is 4.76. The Hall–Kier alpha value is -1.83. The second-order valence-corrected chi connectivity index (χ2v) is 4.95. The van der Waals surface area contributed by atoms with Gasteiger partial charge in [-0.05, 0) is 26.8 Å². The average Bonchev–Trinajstić information content (AvgIpc) is 2.92. The number of carbonyl (C=O) groups is 1. The summed E-state index contributed by atoms with van der Waals surface area (Å²) in [4.78, 5) is 12.3. The number of amides is 1. The van der Waals surface area contributed by atoms with E-state index >= 15 is 0 Å². The summed E-state index contributed by atoms with van der Waals surface area (Å²) in [5.74, 6) is -0.729. The van der Waals surface area contributed by atoms with Gasteiger partial charge >= 0.3 is 0 Å². The fraction of sp³-hybridized carbons (Fsp3) is 0.583. The number of rotatable bonds is 3. The summed E-state index contributed by atoms with van der Waals surface area (Å²) >= 11 is 0. The molecule has 8 heteroatoms. The van der Waals surface area contributed by atoms with Gasteiger partial charge in [0.05, 0.1) is 5.69 Å². The van der Waals surface area contributed by atoms with Gasteiger partial charge in [-0.2, -0.15) is 15.2 Å². The third-order valence-electron chi connectivity index (χ3n) is 3.21. The van der Waals surface area contributed by atoms with Crippen LogP contribution in [0.1, 0.15) is 32.0 Å². The van der Waals surface area contributed by atoms with E-state index in [1.54, 1.807) is 19.2 Å². The van der Waals surface area contributed by atoms with Crippen LogP contribution in [0.25, 0.3) is 0 Å². The van der Waals surface area contributed by atoms with Crippen LogP contribution in [-0.4, -0.2) is 43.7 Å². The van der Waals surface area contributed by atoms with Gasteiger partial charge in [0, 0.05) is 18.3 Å². The minimum atomic E-state index is -3.10. The van der Waals surface area contributed by atoms with E-state index in [1.807, 2.05) is 0 Å². The van der Waals surface area contributed by atoms with Crippen LogP contribution in [0.4, 0.5) is 8.78 Å². The van der Waals surface area contributed by atoms with E-state index in [1.165, 1.54) is 18.5 Å². The molecule has 0 fully saturated rings. The SMILES string of the molecule is CC1=NN(C(=O)C(C)n2ccc(C)n2)C(O)(C(F)F)C1. The maximum atomic E-state index is 13.0. The molecule has 1 aromatic rings. The third kappa shape index (κ3) is 2.31. The highest BCUT2D eigenvalue weighted by Crippen LogP contribution is 2.33. The summed E-state index contributed by atoms with van der Waals surface area (Å²) in [5.41, 5.74) is -1.59. The van der Waals surface area contributed by atoms with Gasteiger partial charge in [-0.3, -0.25) is 9.48 Å². The quantitative estimate of drug-likeness (QED) is 0.910. The molecule has 2 heterocycles. The van der Waals surface area contributed by atoms with Crippen LogP contribution in [0.2, 0.25) is 0 Å². The standard InChI is InChI=1S/C12H16F2N4O2/c1-7-4-5-17(15-7)9(3)10(19)18-12(20,11(13)14)6-8(2)16-18/h4-5,9,11,20H,6H2,1-3H3. The Labute approximate surface area is 114 Å². The lowest BCUT2D eigenvalue weighted by molar-refractivity contribution is -0.194. The number of nitrogens with zero attached hydrogens (tertiary/aromatic N) is 4. The molecular weight excluding hydrogens is 270 g/mol. The molecule has 0 saturated heterocycles. The summed E-state index contributed by atoms with van der Waals surface area (Å²) in [6, 6.07) is 0.866. The van der Waals surface area contributed by atoms with Gasteiger partial charge in [0.1, 0.15) is 6.04 Å². The number of halogens is 2. The molecule has 20 heavy (non-hydrogen) atoms. The van der Waals surface area contributed by atoms with Crippen LogP contribution in [0.3, 0.4) is 0 Å². The van der Waals surface area contributed by atoms with Crippen LogP contribution < -0.4 is 0 Å². The maximum Gasteiger partial charge on any atom is 0.287 e. The zero-order valence-corrected chi connectivity index (χ0v) is 11.4. The predicted octanol–water partition coefficient (Wildman–Crippen LogP) is 1.31. The molecule has 0 bridgehead atoms. The number of hydrogen-bond donors (Lipinski definition) is 1. The minimum Gasteiger partial charge on any atom is -0.364 e. The van der Waals surface area contributed by atoms with Crippen LogP contribution in [0, 0.1) is 6.92 Å². The second kappa shape index (κ2) is 4.93. The Balaban J connectivity index is 2.27. The summed E-state index contributed by atoms with van der Waals surface area (Å²) in [7, 11) is 0. The van der Waals surface area contributed by atoms with E-state index in [-0.39, 0.29) is 12.1 Å². The molecule has 2 unspecified atom stereocenters. The highest BCUT2D eigenvalue weighted by Gasteiger charge is 2.51. The molecular formula is C12H16F2N4O2. The molecule has 110 valence electrons. The Bertz CT molecular complexity index is 557. The second-order valence-electron chi connectivity index (χ2n) is 4.95. The smallest absolute Gasteiger partial charge is 0.287 e. The van der Waals surface area contributed by atoms with E-state index in [9.17, 15) is 18.7 Å². The molecule has 1 aliphatic heterocycles. The lowest BCUT2D eigenvalue weighted by Crippen LogP contribution is -2.53. The van der Waals surface area contributed by atoms with Gasteiger partial charge in [-0.1, -0.05) is 0 Å². The molecule has 2 atom stereocenters. The number of aliphatic hydroxyl groups is 1. The van der Waals surface area contributed by atoms with Crippen molar-refractivity contribution in [1.29, 1.82) is 0 Å². The molecule has 6 nitrogen and oxygen atoms in total. The first kappa shape index (κ1) is 14.6. The van der Waals surface area contributed by atoms with Crippen LogP contribution in [0.5, 0.6) is 0 Å². The van der Waals surface area contributed by atoms with Gasteiger partial charge in [0.25, 0.3) is 12.3 Å². The van der Waals surface area contributed by atoms with Crippen molar-refractivity contribution < 1.29 is 18.7 Å². The van der Waals surface area contributed by atoms with Crippen molar-refractivity contribution in [3.05, 3.63) is 18.0 Å². The average molecular weight is 286 g/mol. The van der Waals surface area contributed by atoms with E-state index in [0.717, 1.165) is 0 Å². The summed E-state index contributed by atoms with van der Waals surface area (Å²) in [5, 5.41) is 18.3. The third-order valence-corrected chi connectivity index (χ3v) is 3.21. The fourth-order valence-electron chi connectivity index (χ4n) is 2.09. The molecule has 0 saturated carbocycles. The zero-order valence-electron chi connectivity index (χ0n) is 11.4. The molecule has 0 spiro atoms. The highest BCUT2D eigenvalue weighted by atomic mass is 19.3. The molecule has 1 N–H and O–H groups in total. The number of carbonyl (C=O) groups excluding carboxylic acids is 1. The first-order chi connectivity index (χ1) is 9.25. The predicted molar refractivity (Wildman–Crippen MR) is 67.2 cm³/mol. The number of aryl methyl sites for hydroxylation is 1. The van der Waals surface area contributed by atoms with Crippen molar-refractivity contribution in [2.45, 2.75) is 45.4 Å². The van der Waals surface area contributed by atoms with E-state index in [2.05, 4.69) is 10.2 Å². The fourth-order valence-corrected chi connectivity index (χ4v) is 2.09. The van der Waals surface area contributed by atoms with Crippen LogP contribution in [0.15, 0.2) is 17.4 Å². The van der Waals surface area contributed by atoms with E-state index in [0.29, 0.717) is 10.7 Å². The summed E-state index contributed by atoms with van der Waals surface area (Å²) < 4.78 is 27.4. The van der Waals surface area contributed by atoms with Gasteiger partial charge < -0.3 is 5.11 Å². The first-order valence-electron chi connectivity index (χ1n) is 6.16. The molecule has 0 aliphatic carbocycles. The van der Waals surface area contributed by atoms with E-state index in [4.69, 9.17) is 0 Å². The Morgan fingerprint density at radius 1 is 1.50 bits per heavy atom. The van der Waals surface area contributed by atoms with Crippen molar-refractivity contribution in [3.63, 3.8) is 0 Å². The minimum absolute atomic E-state index is 0.282. The topological polar surface area (TPSA) is 70.7 Å². The molecule has 2 rings (SSSR count). The van der Waals surface area contributed by atoms with Crippen molar-refractivity contribution >= 4 is 11.6 Å². The highest BCUT2D eigenvalue weighted by molar-refractivity contribution is 5.90. The Kier molecular flexibility index (Phi) is 3.59. The molecule has 1 aromatic heterocycles. The van der Waals surface area contributed by atoms with E-state index < -0.39 is 24.1 Å². The summed E-state index contributed by atoms with van der Waals surface area (Å²) in [6.07, 6.45) is -1.88. The van der Waals surface area contributed by atoms with Gasteiger partial charge in [-0.25, -0.2) is 8.78 Å². The lowest BCUT2D eigenvalue weighted by atomic mass is 10.1. The van der Waals surface area contributed by atoms with Gasteiger partial charge in [-0.15, -0.1) is 0 Å². The Morgan fingerprint density at radius 2 is 2.15 bits per heavy atom. The number of alkyl halides is 2. The molecule has 0 aromatic carbocycles. The Morgan fingerprint density at radius 3 is 2.65 bits per heavy atom.